The van der Waals surface area contributed by atoms with Crippen LogP contribution >= 0.6 is 0 Å². The quantitative estimate of drug-likeness (QED) is 0.655. The van der Waals surface area contributed by atoms with Crippen LogP contribution in [0.5, 0.6) is 0 Å². The third-order valence-corrected chi connectivity index (χ3v) is 7.40. The molecule has 0 aromatic heterocycles. The van der Waals surface area contributed by atoms with E-state index >= 15 is 0 Å². The number of methoxy groups -OCH3 is 1. The molecule has 5 aliphatic rings. The van der Waals surface area contributed by atoms with Crippen molar-refractivity contribution >= 4 is 17.7 Å². The molecule has 160 valence electrons. The summed E-state index contributed by atoms with van der Waals surface area (Å²) in [5.41, 5.74) is 9.07. The van der Waals surface area contributed by atoms with Gasteiger partial charge in [-0.25, -0.2) is 0 Å². The van der Waals surface area contributed by atoms with Gasteiger partial charge in [0.2, 0.25) is 11.8 Å². The summed E-state index contributed by atoms with van der Waals surface area (Å²) in [4.78, 5) is 40.8. The van der Waals surface area contributed by atoms with Crippen LogP contribution in [0, 0.1) is 5.41 Å². The average molecular weight is 412 g/mol. The summed E-state index contributed by atoms with van der Waals surface area (Å²) in [5, 5.41) is 2.35. The number of nitrogens with two attached hydrogens (primary N) is 1. The van der Waals surface area contributed by atoms with Crippen LogP contribution in [-0.4, -0.2) is 65.9 Å². The Hall–Kier alpha value is -2.29. The van der Waals surface area contributed by atoms with E-state index in [2.05, 4.69) is 16.3 Å². The van der Waals surface area contributed by atoms with Crippen molar-refractivity contribution in [1.29, 1.82) is 0 Å². The Balaban J connectivity index is 1.32. The van der Waals surface area contributed by atoms with Crippen LogP contribution in [0.2, 0.25) is 0 Å². The van der Waals surface area contributed by atoms with E-state index in [1.54, 1.807) is 12.0 Å². The number of hydrogen-bond donors (Lipinski definition) is 2. The Morgan fingerprint density at radius 1 is 1.27 bits per heavy atom. The largest absolute Gasteiger partial charge is 0.384 e. The highest BCUT2D eigenvalue weighted by Crippen LogP contribution is 2.59. The summed E-state index contributed by atoms with van der Waals surface area (Å²) in [6, 6.07) is 5.45. The van der Waals surface area contributed by atoms with Gasteiger partial charge in [0.1, 0.15) is 6.04 Å². The molecule has 1 atom stereocenters. The fourth-order valence-corrected chi connectivity index (χ4v) is 6.12. The number of rotatable bonds is 6. The SMILES string of the molecule is COCC12CN(Cc3ccc4c(c3)C(=O)N(C3CCC(=O)NC3=O)C4)C(CN)(C1)C2. The Labute approximate surface area is 175 Å². The zero-order valence-electron chi connectivity index (χ0n) is 17.3. The maximum absolute atomic E-state index is 13.1. The second-order valence-electron chi connectivity index (χ2n) is 9.46. The van der Waals surface area contributed by atoms with Crippen molar-refractivity contribution in [3.63, 3.8) is 0 Å². The first-order chi connectivity index (χ1) is 14.4. The first-order valence-corrected chi connectivity index (χ1v) is 10.6. The summed E-state index contributed by atoms with van der Waals surface area (Å²) in [6.07, 6.45) is 2.78. The molecule has 8 heteroatoms. The predicted octanol–water partition coefficient (Wildman–Crippen LogP) is 0.387. The molecule has 4 aliphatic heterocycles. The second kappa shape index (κ2) is 6.87. The zero-order valence-corrected chi connectivity index (χ0v) is 17.3. The highest BCUT2D eigenvalue weighted by atomic mass is 16.5. The van der Waals surface area contributed by atoms with Crippen LogP contribution in [0.15, 0.2) is 18.2 Å². The van der Waals surface area contributed by atoms with Crippen molar-refractivity contribution in [1.82, 2.24) is 15.1 Å². The third-order valence-electron chi connectivity index (χ3n) is 7.40. The summed E-state index contributed by atoms with van der Waals surface area (Å²) in [6.45, 7) is 3.52. The molecule has 1 saturated carbocycles. The lowest BCUT2D eigenvalue weighted by Gasteiger charge is -2.47. The van der Waals surface area contributed by atoms with Crippen LogP contribution in [0.25, 0.3) is 0 Å². The van der Waals surface area contributed by atoms with Gasteiger partial charge in [0.15, 0.2) is 0 Å². The molecule has 3 amide bonds. The molecule has 4 fully saturated rings. The Morgan fingerprint density at radius 3 is 2.77 bits per heavy atom. The van der Waals surface area contributed by atoms with Crippen molar-refractivity contribution in [2.75, 3.05) is 26.8 Å². The predicted molar refractivity (Wildman–Crippen MR) is 108 cm³/mol. The number of amides is 3. The highest BCUT2D eigenvalue weighted by Gasteiger charge is 2.64. The van der Waals surface area contributed by atoms with Crippen molar-refractivity contribution in [2.45, 2.75) is 50.4 Å². The summed E-state index contributed by atoms with van der Waals surface area (Å²) in [5.74, 6) is -0.777. The van der Waals surface area contributed by atoms with Gasteiger partial charge in [-0.3, -0.25) is 24.6 Å². The van der Waals surface area contributed by atoms with Crippen molar-refractivity contribution in [2.24, 2.45) is 11.1 Å². The number of nitrogens with one attached hydrogen (secondary N) is 1. The second-order valence-corrected chi connectivity index (χ2v) is 9.46. The van der Waals surface area contributed by atoms with E-state index in [1.165, 1.54) is 0 Å². The smallest absolute Gasteiger partial charge is 0.255 e. The fraction of sp³-hybridized carbons (Fsp3) is 0.591. The number of carbonyl (C=O) groups is 3. The maximum atomic E-state index is 13.1. The maximum Gasteiger partial charge on any atom is 0.255 e. The molecule has 2 bridgehead atoms. The van der Waals surface area contributed by atoms with Gasteiger partial charge in [0, 0.05) is 56.2 Å². The molecule has 1 aromatic rings. The minimum Gasteiger partial charge on any atom is -0.384 e. The molecular weight excluding hydrogens is 384 g/mol. The molecular formula is C22H28N4O4. The molecule has 1 aromatic carbocycles. The van der Waals surface area contributed by atoms with Gasteiger partial charge in [-0.05, 0) is 36.5 Å². The third kappa shape index (κ3) is 2.89. The molecule has 1 unspecified atom stereocenters. The molecule has 4 heterocycles. The minimum absolute atomic E-state index is 0.0420. The first kappa shape index (κ1) is 19.7. The Morgan fingerprint density at radius 2 is 2.07 bits per heavy atom. The van der Waals surface area contributed by atoms with E-state index < -0.39 is 6.04 Å². The van der Waals surface area contributed by atoms with Crippen LogP contribution in [0.4, 0.5) is 0 Å². The van der Waals surface area contributed by atoms with Gasteiger partial charge < -0.3 is 15.4 Å². The van der Waals surface area contributed by atoms with E-state index in [0.29, 0.717) is 25.1 Å². The lowest BCUT2D eigenvalue weighted by Crippen LogP contribution is -2.55. The average Bonchev–Trinajstić information content (AvgIpc) is 3.28. The molecule has 3 saturated heterocycles. The van der Waals surface area contributed by atoms with E-state index in [9.17, 15) is 14.4 Å². The fourth-order valence-electron chi connectivity index (χ4n) is 6.12. The monoisotopic (exact) mass is 412 g/mol. The van der Waals surface area contributed by atoms with E-state index in [0.717, 1.165) is 43.7 Å². The molecule has 8 nitrogen and oxygen atoms in total. The molecule has 0 radical (unpaired) electrons. The Kier molecular flexibility index (Phi) is 4.50. The van der Waals surface area contributed by atoms with Gasteiger partial charge in [0.25, 0.3) is 5.91 Å². The number of piperidine rings is 1. The van der Waals surface area contributed by atoms with E-state index in [1.807, 2.05) is 12.1 Å². The number of carbonyl (C=O) groups excluding carboxylic acids is 3. The van der Waals surface area contributed by atoms with Gasteiger partial charge in [-0.1, -0.05) is 12.1 Å². The number of ether oxygens (including phenoxy) is 1. The van der Waals surface area contributed by atoms with E-state index in [4.69, 9.17) is 10.5 Å². The Bertz CT molecular complexity index is 924. The van der Waals surface area contributed by atoms with Crippen molar-refractivity contribution in [3.8, 4) is 0 Å². The first-order valence-electron chi connectivity index (χ1n) is 10.6. The summed E-state index contributed by atoms with van der Waals surface area (Å²) < 4.78 is 5.44. The van der Waals surface area contributed by atoms with Gasteiger partial charge in [-0.15, -0.1) is 0 Å². The van der Waals surface area contributed by atoms with Crippen LogP contribution < -0.4 is 11.1 Å². The standard InChI is InChI=1S/C22H28N4O4/c1-30-13-21-9-22(10-21,11-23)25(12-21)7-14-2-3-15-8-26(20(29)16(15)6-14)17-4-5-18(27)24-19(17)28/h2-3,6,17H,4-5,7-13,23H2,1H3,(H,24,27,28). The van der Waals surface area contributed by atoms with Crippen LogP contribution in [0.1, 0.15) is 47.2 Å². The minimum atomic E-state index is -0.578. The summed E-state index contributed by atoms with van der Waals surface area (Å²) >= 11 is 0. The number of imide groups is 1. The lowest BCUT2D eigenvalue weighted by molar-refractivity contribution is -0.136. The number of nitrogens with zero attached hydrogens (tertiary/aromatic N) is 2. The topological polar surface area (TPSA) is 105 Å². The van der Waals surface area contributed by atoms with Gasteiger partial charge in [-0.2, -0.15) is 0 Å². The molecule has 30 heavy (non-hydrogen) atoms. The summed E-state index contributed by atoms with van der Waals surface area (Å²) in [7, 11) is 1.75. The zero-order chi connectivity index (χ0) is 21.1. The number of benzene rings is 1. The number of fused-ring (bicyclic) bond motifs is 2. The molecule has 0 spiro atoms. The van der Waals surface area contributed by atoms with Gasteiger partial charge >= 0.3 is 0 Å². The normalized spacial score (nSPS) is 32.9. The van der Waals surface area contributed by atoms with Crippen LogP contribution in [-0.2, 0) is 27.4 Å². The lowest BCUT2D eigenvalue weighted by atomic mass is 9.62. The molecule has 3 N–H and O–H groups in total. The van der Waals surface area contributed by atoms with E-state index in [-0.39, 0.29) is 35.1 Å². The van der Waals surface area contributed by atoms with Crippen LogP contribution in [0.3, 0.4) is 0 Å². The molecule has 6 rings (SSSR count). The molecule has 1 aliphatic carbocycles. The highest BCUT2D eigenvalue weighted by molar-refractivity contribution is 6.05. The number of hydrogen-bond acceptors (Lipinski definition) is 6. The van der Waals surface area contributed by atoms with Crippen molar-refractivity contribution < 1.29 is 19.1 Å². The van der Waals surface area contributed by atoms with Crippen molar-refractivity contribution in [3.05, 3.63) is 34.9 Å². The van der Waals surface area contributed by atoms with Gasteiger partial charge in [0.05, 0.1) is 6.61 Å².